The Hall–Kier alpha value is -2.06. The lowest BCUT2D eigenvalue weighted by Crippen LogP contribution is -2.45. The Morgan fingerprint density at radius 1 is 0.493 bits per heavy atom. The van der Waals surface area contributed by atoms with Crippen LogP contribution >= 0.6 is 7.82 Å². The number of carbonyl (C=O) groups is 1. The molecule has 71 heavy (non-hydrogen) atoms. The molecule has 0 aliphatic heterocycles. The van der Waals surface area contributed by atoms with Gasteiger partial charge in [0.1, 0.15) is 13.2 Å². The molecule has 0 fully saturated rings. The van der Waals surface area contributed by atoms with E-state index in [4.69, 9.17) is 9.05 Å². The quantitative estimate of drug-likeness (QED) is 0.0243. The van der Waals surface area contributed by atoms with Gasteiger partial charge in [-0.05, 0) is 64.2 Å². The van der Waals surface area contributed by atoms with Crippen LogP contribution in [-0.2, 0) is 18.4 Å². The number of nitrogens with one attached hydrogen (secondary N) is 1. The fraction of sp³-hybridized carbons (Fsp3) is 0.790. The molecule has 0 saturated carbocycles. The van der Waals surface area contributed by atoms with E-state index in [0.29, 0.717) is 17.4 Å². The van der Waals surface area contributed by atoms with Crippen molar-refractivity contribution in [2.24, 2.45) is 0 Å². The Kier molecular flexibility index (Phi) is 51.3. The predicted molar refractivity (Wildman–Crippen MR) is 309 cm³/mol. The van der Waals surface area contributed by atoms with E-state index in [9.17, 15) is 19.4 Å². The summed E-state index contributed by atoms with van der Waals surface area (Å²) in [7, 11) is 1.56. The number of phosphoric acid groups is 1. The molecule has 1 amide bonds. The zero-order chi connectivity index (χ0) is 52.0. The van der Waals surface area contributed by atoms with Crippen LogP contribution in [0.5, 0.6) is 0 Å². The maximum atomic E-state index is 12.9. The van der Waals surface area contributed by atoms with Crippen LogP contribution in [0.15, 0.2) is 72.9 Å². The van der Waals surface area contributed by atoms with Crippen molar-refractivity contribution in [2.75, 3.05) is 40.9 Å². The Balaban J connectivity index is 3.75. The number of aliphatic hydroxyl groups excluding tert-OH is 1. The van der Waals surface area contributed by atoms with Crippen molar-refractivity contribution >= 4 is 13.7 Å². The minimum atomic E-state index is -4.34. The van der Waals surface area contributed by atoms with E-state index in [2.05, 4.69) is 79.9 Å². The molecule has 3 N–H and O–H groups in total. The number of carbonyl (C=O) groups excluding carboxylic acids is 1. The lowest BCUT2D eigenvalue weighted by Gasteiger charge is -2.25. The average molecular weight is 1020 g/mol. The number of amides is 1. The summed E-state index contributed by atoms with van der Waals surface area (Å²) in [6.45, 7) is 4.61. The van der Waals surface area contributed by atoms with Crippen molar-refractivity contribution in [1.82, 2.24) is 5.32 Å². The summed E-state index contributed by atoms with van der Waals surface area (Å²) in [5, 5.41) is 13.8. The second-order valence-electron chi connectivity index (χ2n) is 21.3. The van der Waals surface area contributed by atoms with Gasteiger partial charge in [0, 0.05) is 6.42 Å². The molecule has 0 aliphatic carbocycles. The first-order chi connectivity index (χ1) is 34.5. The van der Waals surface area contributed by atoms with Gasteiger partial charge in [-0.1, -0.05) is 267 Å². The Morgan fingerprint density at radius 2 is 0.859 bits per heavy atom. The van der Waals surface area contributed by atoms with Gasteiger partial charge in [-0.2, -0.15) is 0 Å². The minimum absolute atomic E-state index is 0.0558. The highest BCUT2D eigenvalue weighted by atomic mass is 31.2. The van der Waals surface area contributed by atoms with Crippen molar-refractivity contribution in [1.29, 1.82) is 0 Å². The van der Waals surface area contributed by atoms with E-state index < -0.39 is 20.0 Å². The van der Waals surface area contributed by atoms with E-state index in [1.807, 2.05) is 27.2 Å². The van der Waals surface area contributed by atoms with Crippen LogP contribution in [-0.4, -0.2) is 73.4 Å². The largest absolute Gasteiger partial charge is 0.472 e. The number of hydrogen-bond acceptors (Lipinski definition) is 5. The summed E-state index contributed by atoms with van der Waals surface area (Å²) in [4.78, 5) is 23.1. The number of hydrogen-bond donors (Lipinski definition) is 3. The molecule has 414 valence electrons. The van der Waals surface area contributed by atoms with Gasteiger partial charge in [0.15, 0.2) is 0 Å². The number of quaternary nitrogens is 1. The van der Waals surface area contributed by atoms with Gasteiger partial charge in [-0.3, -0.25) is 13.8 Å². The van der Waals surface area contributed by atoms with Crippen molar-refractivity contribution in [2.45, 2.75) is 276 Å². The molecular formula is C62H116N2O6P+. The van der Waals surface area contributed by atoms with Gasteiger partial charge >= 0.3 is 7.82 Å². The van der Waals surface area contributed by atoms with E-state index in [0.717, 1.165) is 64.2 Å². The summed E-state index contributed by atoms with van der Waals surface area (Å²) in [5.41, 5.74) is 0. The van der Waals surface area contributed by atoms with Crippen molar-refractivity contribution in [3.63, 3.8) is 0 Å². The average Bonchev–Trinajstić information content (AvgIpc) is 3.33. The smallest absolute Gasteiger partial charge is 0.387 e. The molecule has 0 aromatic rings. The SMILES string of the molecule is CC/C=C\C/C=C\C/C=C\C/C=C\CCCCCCCCCCCCCCCCCCCCCCCCCCCCCCC(=O)NC(COP(=O)(O)OCC[N+](C)(C)C)C(O)/C=C/CC/C=C/CCCC. The van der Waals surface area contributed by atoms with Crippen LogP contribution in [0, 0.1) is 0 Å². The topological polar surface area (TPSA) is 105 Å². The second-order valence-corrected chi connectivity index (χ2v) is 22.8. The molecule has 0 heterocycles. The second kappa shape index (κ2) is 52.8. The first-order valence-electron chi connectivity index (χ1n) is 29.8. The predicted octanol–water partition coefficient (Wildman–Crippen LogP) is 18.3. The number of unbranched alkanes of at least 4 members (excludes halogenated alkanes) is 31. The third-order valence-corrected chi connectivity index (χ3v) is 14.1. The zero-order valence-corrected chi connectivity index (χ0v) is 48.1. The van der Waals surface area contributed by atoms with E-state index in [1.54, 1.807) is 6.08 Å². The number of aliphatic hydroxyl groups is 1. The number of likely N-dealkylation sites (N-methyl/N-ethyl adjacent to an activating group) is 1. The molecule has 0 aromatic carbocycles. The van der Waals surface area contributed by atoms with Crippen molar-refractivity contribution in [3.8, 4) is 0 Å². The number of nitrogens with zero attached hydrogens (tertiary/aromatic N) is 1. The molecule has 0 rings (SSSR count). The molecule has 0 saturated heterocycles. The van der Waals surface area contributed by atoms with Gasteiger partial charge in [0.05, 0.1) is 39.9 Å². The Bertz CT molecular complexity index is 1380. The minimum Gasteiger partial charge on any atom is -0.387 e. The molecule has 0 aliphatic rings. The fourth-order valence-corrected chi connectivity index (χ4v) is 9.24. The summed E-state index contributed by atoms with van der Waals surface area (Å²) >= 11 is 0. The first kappa shape index (κ1) is 68.9. The summed E-state index contributed by atoms with van der Waals surface area (Å²) < 4.78 is 23.5. The maximum absolute atomic E-state index is 12.9. The standard InChI is InChI=1S/C62H115N2O6P/c1-6-8-10-12-14-16-17-18-19-20-21-22-23-24-25-26-27-28-29-30-31-32-33-34-35-36-37-38-39-40-41-42-43-44-45-46-47-48-50-52-54-56-62(66)63-60(59-70-71(67,68)69-58-57-64(3,4)5)61(65)55-53-51-49-15-13-11-9-7-2/h8,10,13-16,18-19,21-22,53,55,60-61,65H,6-7,9,11-12,17,20,23-52,54,56-59H2,1-5H3,(H-,63,66,67,68)/p+1/b10-8-,15-13+,16-14-,19-18-,22-21-,55-53+. The van der Waals surface area contributed by atoms with Crippen molar-refractivity contribution in [3.05, 3.63) is 72.9 Å². The van der Waals surface area contributed by atoms with Crippen LogP contribution in [0.2, 0.25) is 0 Å². The van der Waals surface area contributed by atoms with Crippen LogP contribution < -0.4 is 5.32 Å². The highest BCUT2D eigenvalue weighted by molar-refractivity contribution is 7.47. The Morgan fingerprint density at radius 3 is 1.30 bits per heavy atom. The zero-order valence-electron chi connectivity index (χ0n) is 47.2. The van der Waals surface area contributed by atoms with E-state index in [-0.39, 0.29) is 19.1 Å². The molecule has 0 spiro atoms. The fourth-order valence-electron chi connectivity index (χ4n) is 8.51. The molecule has 3 atom stereocenters. The number of phosphoric ester groups is 1. The molecule has 0 bridgehead atoms. The molecule has 0 radical (unpaired) electrons. The molecule has 9 heteroatoms. The lowest BCUT2D eigenvalue weighted by molar-refractivity contribution is -0.870. The van der Waals surface area contributed by atoms with Gasteiger partial charge < -0.3 is 19.8 Å². The maximum Gasteiger partial charge on any atom is 0.472 e. The summed E-state index contributed by atoms with van der Waals surface area (Å²) in [5.74, 6) is -0.188. The normalized spacial score (nSPS) is 14.4. The van der Waals surface area contributed by atoms with Crippen LogP contribution in [0.4, 0.5) is 0 Å². The Labute approximate surface area is 440 Å². The van der Waals surface area contributed by atoms with Gasteiger partial charge in [-0.15, -0.1) is 0 Å². The van der Waals surface area contributed by atoms with E-state index in [1.165, 1.54) is 180 Å². The third-order valence-electron chi connectivity index (χ3n) is 13.2. The highest BCUT2D eigenvalue weighted by Gasteiger charge is 2.27. The molecule has 0 aromatic heterocycles. The number of allylic oxidation sites excluding steroid dienone is 11. The molecule has 8 nitrogen and oxygen atoms in total. The third kappa shape index (κ3) is 55.5. The van der Waals surface area contributed by atoms with Gasteiger partial charge in [0.2, 0.25) is 5.91 Å². The van der Waals surface area contributed by atoms with Crippen LogP contribution in [0.25, 0.3) is 0 Å². The number of rotatable bonds is 54. The monoisotopic (exact) mass is 1020 g/mol. The summed E-state index contributed by atoms with van der Waals surface area (Å²) in [6, 6.07) is -0.860. The van der Waals surface area contributed by atoms with Crippen LogP contribution in [0.1, 0.15) is 264 Å². The van der Waals surface area contributed by atoms with Crippen molar-refractivity contribution < 1.29 is 32.9 Å². The van der Waals surface area contributed by atoms with Gasteiger partial charge in [0.25, 0.3) is 0 Å². The molecule has 3 unspecified atom stereocenters. The van der Waals surface area contributed by atoms with E-state index >= 15 is 0 Å². The summed E-state index contributed by atoms with van der Waals surface area (Å²) in [6.07, 6.45) is 73.6. The van der Waals surface area contributed by atoms with Crippen LogP contribution in [0.3, 0.4) is 0 Å². The first-order valence-corrected chi connectivity index (χ1v) is 31.3. The van der Waals surface area contributed by atoms with Gasteiger partial charge in [-0.25, -0.2) is 4.57 Å². The highest BCUT2D eigenvalue weighted by Crippen LogP contribution is 2.43. The lowest BCUT2D eigenvalue weighted by atomic mass is 10.0. The molecular weight excluding hydrogens is 900 g/mol.